The van der Waals surface area contributed by atoms with E-state index in [1.54, 1.807) is 6.08 Å². The standard InChI is InChI=1S/C41H77NO6S/c1-3-5-7-9-11-13-15-17-19-20-21-22-24-25-27-29-31-33-35-39(43)38(37-49(46,47)48)42-41(45)40(44)36-34-32-30-28-26-23-18-16-14-12-10-8-6-4-2/h14,16,25,27,33,35,38-40,43-44H,3-13,15,17-24,26,28-32,34,36-37H2,1-2H3,(H,42,45)(H,46,47,48)/b16-14-,27-25+,35-33+. The van der Waals surface area contributed by atoms with Crippen molar-refractivity contribution in [1.82, 2.24) is 5.32 Å². The predicted octanol–water partition coefficient (Wildman–Crippen LogP) is 10.7. The molecule has 0 radical (unpaired) electrons. The molecule has 0 aromatic rings. The molecule has 49 heavy (non-hydrogen) atoms. The summed E-state index contributed by atoms with van der Waals surface area (Å²) < 4.78 is 32.5. The molecule has 0 aliphatic rings. The first kappa shape index (κ1) is 47.5. The number of aliphatic hydroxyl groups is 2. The normalized spacial score (nSPS) is 14.3. The zero-order chi connectivity index (χ0) is 36.3. The van der Waals surface area contributed by atoms with Gasteiger partial charge in [0.1, 0.15) is 6.10 Å². The van der Waals surface area contributed by atoms with Crippen LogP contribution in [-0.2, 0) is 14.9 Å². The minimum atomic E-state index is -4.45. The molecular weight excluding hydrogens is 635 g/mol. The van der Waals surface area contributed by atoms with E-state index in [2.05, 4.69) is 43.5 Å². The van der Waals surface area contributed by atoms with Gasteiger partial charge in [-0.2, -0.15) is 8.42 Å². The summed E-state index contributed by atoms with van der Waals surface area (Å²) in [5, 5.41) is 23.3. The molecule has 0 bridgehead atoms. The maximum absolute atomic E-state index is 12.6. The molecule has 0 aliphatic heterocycles. The quantitative estimate of drug-likeness (QED) is 0.0291. The molecule has 3 atom stereocenters. The number of hydrogen-bond donors (Lipinski definition) is 4. The van der Waals surface area contributed by atoms with E-state index in [1.165, 1.54) is 128 Å². The highest BCUT2D eigenvalue weighted by Crippen LogP contribution is 2.14. The van der Waals surface area contributed by atoms with Gasteiger partial charge < -0.3 is 15.5 Å². The van der Waals surface area contributed by atoms with Crippen molar-refractivity contribution >= 4 is 16.0 Å². The van der Waals surface area contributed by atoms with Gasteiger partial charge in [-0.3, -0.25) is 9.35 Å². The summed E-state index contributed by atoms with van der Waals surface area (Å²) in [5.74, 6) is -1.56. The number of allylic oxidation sites excluding steroid dienone is 5. The smallest absolute Gasteiger partial charge is 0.267 e. The first-order valence-corrected chi connectivity index (χ1v) is 21.9. The van der Waals surface area contributed by atoms with E-state index < -0.39 is 40.0 Å². The van der Waals surface area contributed by atoms with E-state index in [0.717, 1.165) is 38.5 Å². The van der Waals surface area contributed by atoms with E-state index in [-0.39, 0.29) is 6.42 Å². The third-order valence-corrected chi connectivity index (χ3v) is 9.93. The molecule has 1 amide bonds. The third kappa shape index (κ3) is 34.7. The summed E-state index contributed by atoms with van der Waals surface area (Å²) in [4.78, 5) is 12.6. The van der Waals surface area contributed by atoms with Gasteiger partial charge in [-0.05, 0) is 57.8 Å². The Bertz CT molecular complexity index is 932. The minimum absolute atomic E-state index is 0.267. The largest absolute Gasteiger partial charge is 0.387 e. The summed E-state index contributed by atoms with van der Waals surface area (Å²) >= 11 is 0. The number of nitrogens with one attached hydrogen (secondary N) is 1. The fraction of sp³-hybridized carbons (Fsp3) is 0.829. The topological polar surface area (TPSA) is 124 Å². The van der Waals surface area contributed by atoms with Crippen LogP contribution in [0.4, 0.5) is 0 Å². The minimum Gasteiger partial charge on any atom is -0.387 e. The molecule has 0 aliphatic carbocycles. The van der Waals surface area contributed by atoms with Crippen molar-refractivity contribution in [2.45, 2.75) is 212 Å². The van der Waals surface area contributed by atoms with Gasteiger partial charge in [0.25, 0.3) is 10.1 Å². The van der Waals surface area contributed by atoms with Crippen molar-refractivity contribution < 1.29 is 28.0 Å². The highest BCUT2D eigenvalue weighted by atomic mass is 32.2. The van der Waals surface area contributed by atoms with Gasteiger partial charge in [-0.1, -0.05) is 172 Å². The number of carbonyl (C=O) groups is 1. The lowest BCUT2D eigenvalue weighted by atomic mass is 10.0. The number of aliphatic hydroxyl groups excluding tert-OH is 2. The van der Waals surface area contributed by atoms with Crippen LogP contribution in [0.3, 0.4) is 0 Å². The SMILES string of the molecule is CCCCCC/C=C\CCCCCCCCC(O)C(=O)NC(CS(=O)(=O)O)C(O)/C=C/CC/C=C/CCCCCCCCCCCCCC. The molecular formula is C41H77NO6S. The molecule has 0 fully saturated rings. The van der Waals surface area contributed by atoms with E-state index in [4.69, 9.17) is 0 Å². The van der Waals surface area contributed by atoms with Crippen LogP contribution in [-0.4, -0.2) is 53.1 Å². The molecule has 3 unspecified atom stereocenters. The molecule has 288 valence electrons. The molecule has 4 N–H and O–H groups in total. The Hall–Kier alpha value is -1.48. The Morgan fingerprint density at radius 2 is 0.918 bits per heavy atom. The van der Waals surface area contributed by atoms with Crippen LogP contribution < -0.4 is 5.32 Å². The van der Waals surface area contributed by atoms with Gasteiger partial charge >= 0.3 is 0 Å². The zero-order valence-corrected chi connectivity index (χ0v) is 32.5. The zero-order valence-electron chi connectivity index (χ0n) is 31.7. The van der Waals surface area contributed by atoms with E-state index >= 15 is 0 Å². The first-order chi connectivity index (χ1) is 23.7. The summed E-state index contributed by atoms with van der Waals surface area (Å²) in [6, 6.07) is -1.25. The summed E-state index contributed by atoms with van der Waals surface area (Å²) in [6.07, 6.45) is 42.0. The lowest BCUT2D eigenvalue weighted by molar-refractivity contribution is -0.130. The Labute approximate surface area is 302 Å². The Balaban J connectivity index is 4.11. The van der Waals surface area contributed by atoms with E-state index in [9.17, 15) is 28.0 Å². The third-order valence-electron chi connectivity index (χ3n) is 9.15. The molecule has 0 saturated carbocycles. The van der Waals surface area contributed by atoms with Crippen molar-refractivity contribution in [3.8, 4) is 0 Å². The molecule has 7 nitrogen and oxygen atoms in total. The molecule has 0 aromatic carbocycles. The molecule has 0 spiro atoms. The Kier molecular flexibility index (Phi) is 33.9. The predicted molar refractivity (Wildman–Crippen MR) is 208 cm³/mol. The highest BCUT2D eigenvalue weighted by molar-refractivity contribution is 7.85. The van der Waals surface area contributed by atoms with E-state index in [0.29, 0.717) is 12.8 Å². The number of rotatable bonds is 36. The maximum Gasteiger partial charge on any atom is 0.267 e. The van der Waals surface area contributed by atoms with Crippen LogP contribution in [0.15, 0.2) is 36.5 Å². The number of carbonyl (C=O) groups excluding carboxylic acids is 1. The number of amides is 1. The lowest BCUT2D eigenvalue weighted by Gasteiger charge is -2.22. The second kappa shape index (κ2) is 34.9. The molecule has 8 heteroatoms. The number of unbranched alkanes of at least 4 members (excludes halogenated alkanes) is 23. The molecule has 0 heterocycles. The molecule has 0 saturated heterocycles. The van der Waals surface area contributed by atoms with Crippen LogP contribution >= 0.6 is 0 Å². The fourth-order valence-electron chi connectivity index (χ4n) is 6.00. The van der Waals surface area contributed by atoms with Crippen molar-refractivity contribution in [2.75, 3.05) is 5.75 Å². The lowest BCUT2D eigenvalue weighted by Crippen LogP contribution is -2.50. The maximum atomic E-state index is 12.6. The average Bonchev–Trinajstić information content (AvgIpc) is 3.06. The van der Waals surface area contributed by atoms with Crippen LogP contribution in [0.5, 0.6) is 0 Å². The first-order valence-electron chi connectivity index (χ1n) is 20.3. The summed E-state index contributed by atoms with van der Waals surface area (Å²) in [6.45, 7) is 4.49. The summed E-state index contributed by atoms with van der Waals surface area (Å²) in [5.41, 5.74) is 0. The van der Waals surface area contributed by atoms with Crippen molar-refractivity contribution in [1.29, 1.82) is 0 Å². The van der Waals surface area contributed by atoms with Crippen LogP contribution in [0.25, 0.3) is 0 Å². The second-order valence-corrected chi connectivity index (χ2v) is 15.5. The van der Waals surface area contributed by atoms with E-state index in [1.807, 2.05) is 0 Å². The van der Waals surface area contributed by atoms with Crippen LogP contribution in [0.1, 0.15) is 194 Å². The van der Waals surface area contributed by atoms with Crippen LogP contribution in [0, 0.1) is 0 Å². The van der Waals surface area contributed by atoms with Crippen molar-refractivity contribution in [3.05, 3.63) is 36.5 Å². The van der Waals surface area contributed by atoms with Gasteiger partial charge in [-0.15, -0.1) is 0 Å². The molecule has 0 aromatic heterocycles. The van der Waals surface area contributed by atoms with Crippen LogP contribution in [0.2, 0.25) is 0 Å². The molecule has 0 rings (SSSR count). The fourth-order valence-corrected chi connectivity index (χ4v) is 6.73. The monoisotopic (exact) mass is 712 g/mol. The van der Waals surface area contributed by atoms with Gasteiger partial charge in [0, 0.05) is 0 Å². The second-order valence-electron chi connectivity index (χ2n) is 14.0. The Morgan fingerprint density at radius 3 is 1.37 bits per heavy atom. The van der Waals surface area contributed by atoms with Gasteiger partial charge in [0.05, 0.1) is 17.9 Å². The number of hydrogen-bond acceptors (Lipinski definition) is 5. The average molecular weight is 712 g/mol. The van der Waals surface area contributed by atoms with Crippen molar-refractivity contribution in [3.63, 3.8) is 0 Å². The highest BCUT2D eigenvalue weighted by Gasteiger charge is 2.27. The van der Waals surface area contributed by atoms with Gasteiger partial charge in [0.2, 0.25) is 5.91 Å². The summed E-state index contributed by atoms with van der Waals surface area (Å²) in [7, 11) is -4.45. The Morgan fingerprint density at radius 1 is 0.551 bits per heavy atom. The van der Waals surface area contributed by atoms with Crippen molar-refractivity contribution in [2.24, 2.45) is 0 Å². The van der Waals surface area contributed by atoms with Gasteiger partial charge in [-0.25, -0.2) is 0 Å². The van der Waals surface area contributed by atoms with Gasteiger partial charge in [0.15, 0.2) is 0 Å².